The number of hydrogen-bond donors (Lipinski definition) is 1. The Morgan fingerprint density at radius 1 is 1.05 bits per heavy atom. The average molecular weight is 342 g/mol. The van der Waals surface area contributed by atoms with E-state index in [1.165, 1.54) is 5.56 Å². The van der Waals surface area contributed by atoms with Crippen LogP contribution in [0, 0.1) is 6.92 Å². The Kier molecular flexibility index (Phi) is 3.80. The summed E-state index contributed by atoms with van der Waals surface area (Å²) in [6.07, 6.45) is 0. The zero-order chi connectivity index (χ0) is 14.8. The molecule has 2 N–H and O–H groups in total. The van der Waals surface area contributed by atoms with Crippen LogP contribution >= 0.6 is 15.9 Å². The molecule has 0 spiro atoms. The Labute approximate surface area is 132 Å². The highest BCUT2D eigenvalue weighted by Gasteiger charge is 2.14. The highest BCUT2D eigenvalue weighted by Crippen LogP contribution is 2.29. The van der Waals surface area contributed by atoms with Crippen LogP contribution in [0.3, 0.4) is 0 Å². The lowest BCUT2D eigenvalue weighted by atomic mass is 10.1. The molecule has 0 saturated heterocycles. The fraction of sp³-hybridized carbons (Fsp3) is 0.118. The first-order chi connectivity index (χ1) is 10.1. The van der Waals surface area contributed by atoms with E-state index in [2.05, 4.69) is 45.3 Å². The number of benzene rings is 2. The number of aryl methyl sites for hydroxylation is 1. The van der Waals surface area contributed by atoms with Gasteiger partial charge in [0, 0.05) is 10.0 Å². The summed E-state index contributed by atoms with van der Waals surface area (Å²) < 4.78 is 2.93. The molecule has 3 nitrogen and oxygen atoms in total. The molecule has 4 heteroatoms. The number of nitrogens with zero attached hydrogens (tertiary/aromatic N) is 2. The highest BCUT2D eigenvalue weighted by atomic mass is 79.9. The molecule has 3 aromatic rings. The third kappa shape index (κ3) is 2.85. The quantitative estimate of drug-likeness (QED) is 0.773. The number of rotatable bonds is 3. The lowest BCUT2D eigenvalue weighted by Gasteiger charge is -2.06. The average Bonchev–Trinajstić information content (AvgIpc) is 2.77. The lowest BCUT2D eigenvalue weighted by Crippen LogP contribution is -2.06. The molecule has 0 aliphatic carbocycles. The van der Waals surface area contributed by atoms with E-state index < -0.39 is 0 Å². The van der Waals surface area contributed by atoms with Crippen molar-refractivity contribution in [2.24, 2.45) is 0 Å². The highest BCUT2D eigenvalue weighted by molar-refractivity contribution is 9.10. The molecule has 0 fully saturated rings. The molecule has 3 rings (SSSR count). The van der Waals surface area contributed by atoms with Crippen molar-refractivity contribution in [2.45, 2.75) is 13.5 Å². The number of nitrogens with two attached hydrogens (primary N) is 1. The number of nitrogen functional groups attached to an aromatic ring is 1. The maximum absolute atomic E-state index is 6.31. The molecule has 0 unspecified atom stereocenters. The molecule has 0 bridgehead atoms. The van der Waals surface area contributed by atoms with Gasteiger partial charge < -0.3 is 5.73 Å². The second-order valence-electron chi connectivity index (χ2n) is 5.00. The molecule has 0 aliphatic heterocycles. The standard InChI is InChI=1S/C17H16BrN3/c1-12-16(14-5-3-2-4-6-14)17(19)21(20-12)11-13-7-9-15(18)10-8-13/h2-10H,11,19H2,1H3. The van der Waals surface area contributed by atoms with Gasteiger partial charge in [0.1, 0.15) is 5.82 Å². The van der Waals surface area contributed by atoms with Gasteiger partial charge >= 0.3 is 0 Å². The Hall–Kier alpha value is -2.07. The van der Waals surface area contributed by atoms with Crippen LogP contribution in [0.15, 0.2) is 59.1 Å². The number of halogens is 1. The first kappa shape index (κ1) is 13.9. The van der Waals surface area contributed by atoms with Gasteiger partial charge in [-0.3, -0.25) is 0 Å². The third-order valence-corrected chi connectivity index (χ3v) is 4.00. The Balaban J connectivity index is 1.96. The van der Waals surface area contributed by atoms with E-state index in [-0.39, 0.29) is 0 Å². The van der Waals surface area contributed by atoms with Crippen LogP contribution in [0.5, 0.6) is 0 Å². The Bertz CT molecular complexity index is 746. The van der Waals surface area contributed by atoms with Gasteiger partial charge in [0.25, 0.3) is 0 Å². The van der Waals surface area contributed by atoms with Crippen molar-refractivity contribution in [3.8, 4) is 11.1 Å². The summed E-state index contributed by atoms with van der Waals surface area (Å²) in [5.41, 5.74) is 10.6. The minimum Gasteiger partial charge on any atom is -0.383 e. The van der Waals surface area contributed by atoms with Crippen LogP contribution in [0.2, 0.25) is 0 Å². The Morgan fingerprint density at radius 3 is 2.38 bits per heavy atom. The van der Waals surface area contributed by atoms with Crippen molar-refractivity contribution < 1.29 is 0 Å². The topological polar surface area (TPSA) is 43.8 Å². The maximum atomic E-state index is 6.31. The molecular formula is C17H16BrN3. The summed E-state index contributed by atoms with van der Waals surface area (Å²) in [5.74, 6) is 0.710. The van der Waals surface area contributed by atoms with Crippen molar-refractivity contribution in [2.75, 3.05) is 5.73 Å². The number of aromatic nitrogens is 2. The predicted molar refractivity (Wildman–Crippen MR) is 90.1 cm³/mol. The third-order valence-electron chi connectivity index (χ3n) is 3.47. The molecule has 2 aromatic carbocycles. The number of anilines is 1. The SMILES string of the molecule is Cc1nn(Cc2ccc(Br)cc2)c(N)c1-c1ccccc1. The zero-order valence-electron chi connectivity index (χ0n) is 11.8. The van der Waals surface area contributed by atoms with Gasteiger partial charge in [-0.2, -0.15) is 5.10 Å². The van der Waals surface area contributed by atoms with Crippen LogP contribution in [-0.2, 0) is 6.54 Å². The molecule has 1 heterocycles. The fourth-order valence-electron chi connectivity index (χ4n) is 2.44. The van der Waals surface area contributed by atoms with Crippen LogP contribution in [-0.4, -0.2) is 9.78 Å². The molecule has 0 saturated carbocycles. The van der Waals surface area contributed by atoms with Crippen molar-refractivity contribution in [1.29, 1.82) is 0 Å². The van der Waals surface area contributed by atoms with Gasteiger partial charge in [0.15, 0.2) is 0 Å². The van der Waals surface area contributed by atoms with E-state index in [1.54, 1.807) is 0 Å². The molecule has 0 amide bonds. The van der Waals surface area contributed by atoms with E-state index in [9.17, 15) is 0 Å². The van der Waals surface area contributed by atoms with E-state index in [0.717, 1.165) is 21.3 Å². The fourth-order valence-corrected chi connectivity index (χ4v) is 2.71. The van der Waals surface area contributed by atoms with Gasteiger partial charge in [0.2, 0.25) is 0 Å². The maximum Gasteiger partial charge on any atom is 0.130 e. The van der Waals surface area contributed by atoms with E-state index in [4.69, 9.17) is 5.73 Å². The first-order valence-electron chi connectivity index (χ1n) is 6.78. The van der Waals surface area contributed by atoms with Gasteiger partial charge in [-0.15, -0.1) is 0 Å². The van der Waals surface area contributed by atoms with Crippen LogP contribution in [0.25, 0.3) is 11.1 Å². The van der Waals surface area contributed by atoms with Crippen LogP contribution < -0.4 is 5.73 Å². The summed E-state index contributed by atoms with van der Waals surface area (Å²) in [6, 6.07) is 18.3. The first-order valence-corrected chi connectivity index (χ1v) is 7.57. The van der Waals surface area contributed by atoms with Crippen molar-refractivity contribution in [3.05, 3.63) is 70.3 Å². The van der Waals surface area contributed by atoms with Crippen LogP contribution in [0.4, 0.5) is 5.82 Å². The summed E-state index contributed by atoms with van der Waals surface area (Å²) in [6.45, 7) is 2.67. The lowest BCUT2D eigenvalue weighted by molar-refractivity contribution is 0.689. The summed E-state index contributed by atoms with van der Waals surface area (Å²) in [5, 5.41) is 4.58. The largest absolute Gasteiger partial charge is 0.383 e. The molecule has 0 radical (unpaired) electrons. The number of hydrogen-bond acceptors (Lipinski definition) is 2. The van der Waals surface area contributed by atoms with Crippen LogP contribution in [0.1, 0.15) is 11.3 Å². The minimum atomic E-state index is 0.673. The smallest absolute Gasteiger partial charge is 0.130 e. The monoisotopic (exact) mass is 341 g/mol. The van der Waals surface area contributed by atoms with Crippen molar-refractivity contribution >= 4 is 21.7 Å². The van der Waals surface area contributed by atoms with Gasteiger partial charge in [0.05, 0.1) is 12.2 Å². The second-order valence-corrected chi connectivity index (χ2v) is 5.91. The summed E-state index contributed by atoms with van der Waals surface area (Å²) >= 11 is 3.44. The summed E-state index contributed by atoms with van der Waals surface area (Å²) in [7, 11) is 0. The Morgan fingerprint density at radius 2 is 1.71 bits per heavy atom. The molecule has 0 atom stereocenters. The molecule has 0 aliphatic rings. The summed E-state index contributed by atoms with van der Waals surface area (Å²) in [4.78, 5) is 0. The van der Waals surface area contributed by atoms with E-state index >= 15 is 0 Å². The van der Waals surface area contributed by atoms with Crippen molar-refractivity contribution in [1.82, 2.24) is 9.78 Å². The van der Waals surface area contributed by atoms with E-state index in [1.807, 2.05) is 41.9 Å². The molecule has 1 aromatic heterocycles. The molecule has 21 heavy (non-hydrogen) atoms. The van der Waals surface area contributed by atoms with Crippen molar-refractivity contribution in [3.63, 3.8) is 0 Å². The van der Waals surface area contributed by atoms with E-state index in [0.29, 0.717) is 12.4 Å². The van der Waals surface area contributed by atoms with Gasteiger partial charge in [-0.05, 0) is 30.2 Å². The predicted octanol–water partition coefficient (Wildman–Crippen LogP) is 4.25. The molecular weight excluding hydrogens is 326 g/mol. The zero-order valence-corrected chi connectivity index (χ0v) is 13.3. The van der Waals surface area contributed by atoms with Gasteiger partial charge in [-0.25, -0.2) is 4.68 Å². The minimum absolute atomic E-state index is 0.673. The van der Waals surface area contributed by atoms with Gasteiger partial charge in [-0.1, -0.05) is 58.4 Å². The molecule has 106 valence electrons. The second kappa shape index (κ2) is 5.74. The normalized spacial score (nSPS) is 10.8.